The van der Waals surface area contributed by atoms with Crippen molar-refractivity contribution in [2.75, 3.05) is 0 Å². The van der Waals surface area contributed by atoms with E-state index in [1.54, 1.807) is 0 Å². The summed E-state index contributed by atoms with van der Waals surface area (Å²) in [7, 11) is 0. The quantitative estimate of drug-likeness (QED) is 0.0718. The lowest BCUT2D eigenvalue weighted by Crippen LogP contribution is -2.10. The predicted molar refractivity (Wildman–Crippen MR) is 264 cm³/mol. The number of hydrogen-bond acceptors (Lipinski definition) is 6. The molecule has 0 aliphatic carbocycles. The standard InChI is InChI=1S/C42H3F27O3.C12F10.C6H6O3/c43-13-7(14(44)26(56)31(61)25(13)55)10-19(49)34(64)40(35(65)20(10)50)70-4-1-5(71-41-36(66)21(51)11(22(52)37(41)67)8-15(45)27(57)32(62)28(58)16(8)46)3-6(2-4)72-42-38(68)23(53)12(24(54)39(42)69)9-17(47)29(59)33(63)30(60)18(9)48;13-3-1(4(14)8(18)11(21)7(3)17)2-5(15)9(19)12(22)10(20)6(2)16;7-4-1-5(8)3-6(9)2-4/h1-3H;;1-3,7-9H. The molecule has 0 radical (unpaired) electrons. The summed E-state index contributed by atoms with van der Waals surface area (Å²) in [5.41, 5.74) is -20.6. The van der Waals surface area contributed by atoms with Crippen LogP contribution in [0.4, 0.5) is 162 Å². The smallest absolute Gasteiger partial charge is 0.205 e. The van der Waals surface area contributed by atoms with Gasteiger partial charge in [-0.05, 0) is 0 Å². The molecule has 544 valence electrons. The van der Waals surface area contributed by atoms with Gasteiger partial charge in [0.1, 0.15) is 34.5 Å². The van der Waals surface area contributed by atoms with E-state index >= 15 is 52.7 Å². The fourth-order valence-corrected chi connectivity index (χ4v) is 8.54. The number of halogens is 37. The van der Waals surface area contributed by atoms with E-state index in [9.17, 15) is 110 Å². The number of rotatable bonds is 10. The lowest BCUT2D eigenvalue weighted by Gasteiger charge is -2.18. The monoisotopic (exact) mass is 1530 g/mol. The van der Waals surface area contributed by atoms with Gasteiger partial charge in [0.05, 0.1) is 44.5 Å². The largest absolute Gasteiger partial charge is 0.508 e. The van der Waals surface area contributed by atoms with Crippen LogP contribution in [0.2, 0.25) is 0 Å². The van der Waals surface area contributed by atoms with Gasteiger partial charge in [0.2, 0.25) is 81.2 Å². The van der Waals surface area contributed by atoms with E-state index < -0.39 is 294 Å². The highest BCUT2D eigenvalue weighted by atomic mass is 19.2. The average Bonchev–Trinajstić information content (AvgIpc) is 0.764. The number of benzene rings is 10. The first-order valence-corrected chi connectivity index (χ1v) is 25.4. The lowest BCUT2D eigenvalue weighted by molar-refractivity contribution is 0.347. The summed E-state index contributed by atoms with van der Waals surface area (Å²) in [6, 6.07) is 2.93. The molecule has 0 fully saturated rings. The molecule has 0 amide bonds. The number of phenols is 3. The zero-order chi connectivity index (χ0) is 77.5. The fraction of sp³-hybridized carbons (Fsp3) is 0. The molecule has 6 nitrogen and oxygen atoms in total. The van der Waals surface area contributed by atoms with E-state index in [-0.39, 0.29) is 35.4 Å². The van der Waals surface area contributed by atoms with E-state index in [4.69, 9.17) is 15.3 Å². The molecule has 0 saturated carbocycles. The van der Waals surface area contributed by atoms with Crippen LogP contribution >= 0.6 is 0 Å². The second-order valence-electron chi connectivity index (χ2n) is 19.3. The van der Waals surface area contributed by atoms with Crippen molar-refractivity contribution >= 4 is 0 Å². The first-order chi connectivity index (χ1) is 47.8. The second kappa shape index (κ2) is 28.4. The Labute approximate surface area is 539 Å². The molecule has 0 saturated heterocycles. The molecule has 0 aliphatic rings. The predicted octanol–water partition coefficient (Wildman–Crippen LogP) is 21.4. The van der Waals surface area contributed by atoms with Crippen molar-refractivity contribution in [3.63, 3.8) is 0 Å². The molecule has 10 aromatic carbocycles. The van der Waals surface area contributed by atoms with Crippen molar-refractivity contribution in [1.82, 2.24) is 0 Å². The summed E-state index contributed by atoms with van der Waals surface area (Å²) in [5.74, 6) is -122. The van der Waals surface area contributed by atoms with E-state index in [2.05, 4.69) is 14.2 Å². The van der Waals surface area contributed by atoms with E-state index in [1.165, 1.54) is 0 Å². The zero-order valence-electron chi connectivity index (χ0n) is 47.0. The third-order valence-corrected chi connectivity index (χ3v) is 13.1. The zero-order valence-corrected chi connectivity index (χ0v) is 47.0. The molecular formula is C60H9F37O6. The average molecular weight is 1530 g/mol. The van der Waals surface area contributed by atoms with Crippen LogP contribution in [0.15, 0.2) is 36.4 Å². The van der Waals surface area contributed by atoms with Crippen LogP contribution in [0.5, 0.6) is 51.7 Å². The lowest BCUT2D eigenvalue weighted by atomic mass is 10.0. The second-order valence-corrected chi connectivity index (χ2v) is 19.3. The Bertz CT molecular complexity index is 4550. The number of phenolic OH excluding ortho intramolecular Hbond substituents is 3. The summed E-state index contributed by atoms with van der Waals surface area (Å²) >= 11 is 0. The molecule has 0 bridgehead atoms. The minimum Gasteiger partial charge on any atom is -0.508 e. The van der Waals surface area contributed by atoms with Gasteiger partial charge in [-0.3, -0.25) is 0 Å². The molecule has 0 spiro atoms. The molecule has 10 rings (SSSR count). The molecule has 0 aliphatic heterocycles. The van der Waals surface area contributed by atoms with Crippen molar-refractivity contribution < 1.29 is 192 Å². The molecule has 10 aromatic rings. The van der Waals surface area contributed by atoms with Gasteiger partial charge in [0, 0.05) is 36.4 Å². The molecule has 0 unspecified atom stereocenters. The highest BCUT2D eigenvalue weighted by Crippen LogP contribution is 2.48. The third kappa shape index (κ3) is 13.1. The molecule has 0 heterocycles. The minimum absolute atomic E-state index is 0.146. The van der Waals surface area contributed by atoms with Crippen molar-refractivity contribution in [3.05, 3.63) is 252 Å². The van der Waals surface area contributed by atoms with Crippen LogP contribution in [0.1, 0.15) is 0 Å². The van der Waals surface area contributed by atoms with Crippen LogP contribution in [0.3, 0.4) is 0 Å². The van der Waals surface area contributed by atoms with Crippen LogP contribution in [0, 0.1) is 215 Å². The molecule has 3 N–H and O–H groups in total. The van der Waals surface area contributed by atoms with Gasteiger partial charge in [0.15, 0.2) is 151 Å². The maximum absolute atomic E-state index is 15.4. The van der Waals surface area contributed by atoms with Crippen LogP contribution in [0.25, 0.3) is 44.5 Å². The SMILES string of the molecule is Fc1c(F)c(F)c(-c2c(F)c(F)c(F)c(F)c2F)c(F)c1F.Fc1c(F)c(F)c(-c2c(F)c(F)c(Oc3cc(Oc4c(F)c(F)c(-c5c(F)c(F)c(F)c(F)c5F)c(F)c4F)cc(Oc4c(F)c(F)c(-c5c(F)c(F)c(F)c(F)c5F)c(F)c4F)c3)c(F)c2F)c(F)c1F.Oc1cc(O)cc(O)c1. The number of aromatic hydroxyl groups is 3. The van der Waals surface area contributed by atoms with E-state index in [0.717, 1.165) is 18.2 Å². The number of hydrogen-bond donors (Lipinski definition) is 3. The van der Waals surface area contributed by atoms with Gasteiger partial charge >= 0.3 is 0 Å². The third-order valence-electron chi connectivity index (χ3n) is 13.1. The first-order valence-electron chi connectivity index (χ1n) is 25.4. The van der Waals surface area contributed by atoms with Gasteiger partial charge in [-0.1, -0.05) is 0 Å². The van der Waals surface area contributed by atoms with Gasteiger partial charge in [-0.2, -0.15) is 26.3 Å². The Balaban J connectivity index is 0.000000354. The summed E-state index contributed by atoms with van der Waals surface area (Å²) in [4.78, 5) is 0. The normalized spacial score (nSPS) is 11.3. The topological polar surface area (TPSA) is 88.4 Å². The summed E-state index contributed by atoms with van der Waals surface area (Å²) in [5, 5.41) is 26.0. The Morgan fingerprint density at radius 1 is 0.136 bits per heavy atom. The first kappa shape index (κ1) is 77.2. The molecular weight excluding hydrogens is 1520 g/mol. The Morgan fingerprint density at radius 3 is 0.350 bits per heavy atom. The molecule has 103 heavy (non-hydrogen) atoms. The van der Waals surface area contributed by atoms with E-state index in [0.29, 0.717) is 0 Å². The Morgan fingerprint density at radius 2 is 0.233 bits per heavy atom. The highest BCUT2D eigenvalue weighted by molar-refractivity contribution is 5.72. The van der Waals surface area contributed by atoms with Crippen molar-refractivity contribution in [3.8, 4) is 96.3 Å². The minimum atomic E-state index is -3.09. The van der Waals surface area contributed by atoms with Gasteiger partial charge in [-0.15, -0.1) is 0 Å². The van der Waals surface area contributed by atoms with Gasteiger partial charge in [-0.25, -0.2) is 136 Å². The van der Waals surface area contributed by atoms with Gasteiger partial charge in [0.25, 0.3) is 0 Å². The van der Waals surface area contributed by atoms with Crippen LogP contribution < -0.4 is 14.2 Å². The summed E-state index contributed by atoms with van der Waals surface area (Å²) in [6.45, 7) is 0. The van der Waals surface area contributed by atoms with Crippen LogP contribution in [-0.2, 0) is 0 Å². The van der Waals surface area contributed by atoms with E-state index in [1.807, 2.05) is 0 Å². The number of ether oxygens (including phenoxy) is 3. The Kier molecular flexibility index (Phi) is 21.3. The van der Waals surface area contributed by atoms with Crippen molar-refractivity contribution in [2.24, 2.45) is 0 Å². The molecule has 0 aromatic heterocycles. The van der Waals surface area contributed by atoms with Crippen LogP contribution in [-0.4, -0.2) is 15.3 Å². The maximum Gasteiger partial charge on any atom is 0.205 e. The Hall–Kier alpha value is -11.6. The van der Waals surface area contributed by atoms with Crippen molar-refractivity contribution in [1.29, 1.82) is 0 Å². The highest BCUT2D eigenvalue weighted by Gasteiger charge is 2.41. The molecule has 43 heteroatoms. The molecule has 0 atom stereocenters. The summed E-state index contributed by atoms with van der Waals surface area (Å²) in [6.07, 6.45) is 0. The van der Waals surface area contributed by atoms with Gasteiger partial charge < -0.3 is 29.5 Å². The maximum atomic E-state index is 15.4. The van der Waals surface area contributed by atoms with Crippen molar-refractivity contribution in [2.45, 2.75) is 0 Å². The summed E-state index contributed by atoms with van der Waals surface area (Å²) < 4.78 is 540. The fourth-order valence-electron chi connectivity index (χ4n) is 8.54.